The summed E-state index contributed by atoms with van der Waals surface area (Å²) in [5, 5.41) is 2.48. The van der Waals surface area contributed by atoms with Crippen LogP contribution in [-0.4, -0.2) is 40.7 Å². The number of nitrogens with zero attached hydrogens (tertiary/aromatic N) is 3. The molecule has 0 spiro atoms. The van der Waals surface area contributed by atoms with Crippen molar-refractivity contribution in [3.8, 4) is 0 Å². The number of fused-ring (bicyclic) bond motifs is 1. The van der Waals surface area contributed by atoms with Gasteiger partial charge in [0, 0.05) is 25.0 Å². The van der Waals surface area contributed by atoms with E-state index in [2.05, 4.69) is 20.3 Å². The van der Waals surface area contributed by atoms with Crippen molar-refractivity contribution < 1.29 is 35.2 Å². The maximum atomic E-state index is 14.4. The Morgan fingerprint density at radius 1 is 1.18 bits per heavy atom. The average Bonchev–Trinajstić information content (AvgIpc) is 3.57. The van der Waals surface area contributed by atoms with E-state index >= 15 is 0 Å². The molecular weight excluding hydrogens is 530 g/mol. The Balaban J connectivity index is 1.31. The normalized spacial score (nSPS) is 13.8. The van der Waals surface area contributed by atoms with Crippen LogP contribution < -0.4 is 5.32 Å². The molecule has 0 aliphatic carbocycles. The first-order valence-corrected chi connectivity index (χ1v) is 12.9. The number of carbonyl (C=O) groups excluding carboxylic acids is 1. The minimum atomic E-state index is -4.66. The second-order valence-electron chi connectivity index (χ2n) is 8.56. The number of nitrogens with one attached hydrogen (secondary N) is 2. The van der Waals surface area contributed by atoms with Crippen molar-refractivity contribution in [1.29, 1.82) is 0 Å². The summed E-state index contributed by atoms with van der Waals surface area (Å²) in [4.78, 5) is 24.7. The number of aromatic nitrogens is 3. The van der Waals surface area contributed by atoms with Crippen LogP contribution >= 0.6 is 0 Å². The Bertz CT molecular complexity index is 1600. The summed E-state index contributed by atoms with van der Waals surface area (Å²) in [7, 11) is -3.90. The number of hydrogen-bond donors (Lipinski definition) is 2. The number of sulfone groups is 1. The third-order valence-corrected chi connectivity index (χ3v) is 7.47. The second kappa shape index (κ2) is 9.59. The topological polar surface area (TPSA) is 121 Å². The molecule has 1 aliphatic heterocycles. The average molecular weight is 550 g/mol. The Hall–Kier alpha value is -4.20. The first-order chi connectivity index (χ1) is 18.0. The van der Waals surface area contributed by atoms with Crippen LogP contribution in [0.5, 0.6) is 0 Å². The molecule has 0 bridgehead atoms. The minimum Gasteiger partial charge on any atom is -0.447 e. The third kappa shape index (κ3) is 5.11. The number of aromatic amines is 1. The van der Waals surface area contributed by atoms with E-state index in [4.69, 9.17) is 4.42 Å². The summed E-state index contributed by atoms with van der Waals surface area (Å²) in [5.74, 6) is -1.87. The molecule has 1 aliphatic rings. The number of rotatable bonds is 6. The number of benzene rings is 2. The zero-order valence-corrected chi connectivity index (χ0v) is 20.2. The monoisotopic (exact) mass is 549 g/mol. The van der Waals surface area contributed by atoms with Gasteiger partial charge < -0.3 is 19.6 Å². The molecule has 2 aromatic carbocycles. The fourth-order valence-corrected chi connectivity index (χ4v) is 5.27. The molecule has 9 nitrogen and oxygen atoms in total. The van der Waals surface area contributed by atoms with E-state index in [0.29, 0.717) is 18.2 Å². The summed E-state index contributed by atoms with van der Waals surface area (Å²) in [6, 6.07) is 7.39. The number of anilines is 2. The van der Waals surface area contributed by atoms with E-state index in [1.54, 1.807) is 18.2 Å². The number of oxazole rings is 1. The lowest BCUT2D eigenvalue weighted by Gasteiger charge is -2.30. The number of hydrogen-bond acceptors (Lipinski definition) is 7. The molecule has 38 heavy (non-hydrogen) atoms. The summed E-state index contributed by atoms with van der Waals surface area (Å²) >= 11 is 0. The van der Waals surface area contributed by atoms with Crippen LogP contribution in [0.25, 0.3) is 0 Å². The van der Waals surface area contributed by atoms with Crippen LogP contribution in [0, 0.1) is 5.82 Å². The molecule has 3 heterocycles. The van der Waals surface area contributed by atoms with E-state index in [9.17, 15) is 30.8 Å². The molecule has 0 saturated heterocycles. The van der Waals surface area contributed by atoms with Crippen molar-refractivity contribution in [2.45, 2.75) is 30.1 Å². The minimum absolute atomic E-state index is 0.0781. The highest BCUT2D eigenvalue weighted by Crippen LogP contribution is 2.34. The largest absolute Gasteiger partial charge is 0.447 e. The molecule has 0 unspecified atom stereocenters. The van der Waals surface area contributed by atoms with E-state index < -0.39 is 39.1 Å². The van der Waals surface area contributed by atoms with E-state index in [-0.39, 0.29) is 35.4 Å². The van der Waals surface area contributed by atoms with Gasteiger partial charge in [-0.1, -0.05) is 12.1 Å². The molecule has 2 aromatic heterocycles. The number of carbonyl (C=O) groups is 1. The van der Waals surface area contributed by atoms with Crippen LogP contribution in [-0.2, 0) is 34.7 Å². The zero-order valence-electron chi connectivity index (χ0n) is 19.4. The van der Waals surface area contributed by atoms with E-state index in [1.807, 2.05) is 0 Å². The summed E-state index contributed by atoms with van der Waals surface area (Å²) in [6.45, 7) is 0.430. The van der Waals surface area contributed by atoms with Crippen LogP contribution in [0.3, 0.4) is 0 Å². The SMILES string of the molecule is O=C(c1c[nH]c(S(=O)(=O)Cc2cnco2)n1)N1CCc2c(cccc2Nc2ccc(C(F)(F)F)cc2F)C1. The van der Waals surface area contributed by atoms with Crippen LogP contribution in [0.1, 0.15) is 32.9 Å². The van der Waals surface area contributed by atoms with Gasteiger partial charge in [-0.15, -0.1) is 0 Å². The van der Waals surface area contributed by atoms with Gasteiger partial charge in [-0.3, -0.25) is 4.79 Å². The Morgan fingerprint density at radius 3 is 2.71 bits per heavy atom. The highest BCUT2D eigenvalue weighted by Gasteiger charge is 2.31. The van der Waals surface area contributed by atoms with Gasteiger partial charge in [0.1, 0.15) is 23.0 Å². The smallest absolute Gasteiger partial charge is 0.416 e. The predicted octanol–water partition coefficient (Wildman–Crippen LogP) is 4.47. The number of halogens is 4. The molecule has 0 atom stereocenters. The molecule has 14 heteroatoms. The molecule has 2 N–H and O–H groups in total. The Kier molecular flexibility index (Phi) is 6.42. The molecule has 198 valence electrons. The van der Waals surface area contributed by atoms with Crippen molar-refractivity contribution in [3.63, 3.8) is 0 Å². The summed E-state index contributed by atoms with van der Waals surface area (Å²) in [5.41, 5.74) is 0.765. The molecule has 0 radical (unpaired) electrons. The third-order valence-electron chi connectivity index (χ3n) is 6.00. The zero-order chi connectivity index (χ0) is 27.1. The second-order valence-corrected chi connectivity index (χ2v) is 10.5. The van der Waals surface area contributed by atoms with Crippen LogP contribution in [0.4, 0.5) is 28.9 Å². The standard InChI is InChI=1S/C24H19F4N5O4S/c25-18-8-15(24(26,27)28)4-5-20(18)31-19-3-1-2-14-11-33(7-6-17(14)19)22(34)21-10-30-23(32-21)38(35,36)12-16-9-29-13-37-16/h1-5,8-10,13,31H,6-7,11-12H2,(H,30,32). The quantitative estimate of drug-likeness (QED) is 0.341. The first-order valence-electron chi connectivity index (χ1n) is 11.2. The van der Waals surface area contributed by atoms with Gasteiger partial charge in [0.05, 0.1) is 17.4 Å². The van der Waals surface area contributed by atoms with Gasteiger partial charge in [-0.2, -0.15) is 13.2 Å². The summed E-state index contributed by atoms with van der Waals surface area (Å²) in [6.07, 6.45) is -0.689. The van der Waals surface area contributed by atoms with Gasteiger partial charge in [0.15, 0.2) is 6.39 Å². The van der Waals surface area contributed by atoms with Crippen molar-refractivity contribution in [2.24, 2.45) is 0 Å². The van der Waals surface area contributed by atoms with Crippen LogP contribution in [0.2, 0.25) is 0 Å². The fourth-order valence-electron chi connectivity index (χ4n) is 4.14. The molecule has 0 fully saturated rings. The Labute approximate surface area is 213 Å². The van der Waals surface area contributed by atoms with Gasteiger partial charge in [-0.25, -0.2) is 22.8 Å². The lowest BCUT2D eigenvalue weighted by Crippen LogP contribution is -2.36. The summed E-state index contributed by atoms with van der Waals surface area (Å²) < 4.78 is 83.0. The molecule has 5 rings (SSSR count). The maximum absolute atomic E-state index is 14.4. The number of amides is 1. The molecular formula is C24H19F4N5O4S. The van der Waals surface area contributed by atoms with E-state index in [1.165, 1.54) is 17.3 Å². The highest BCUT2D eigenvalue weighted by molar-refractivity contribution is 7.90. The van der Waals surface area contributed by atoms with E-state index in [0.717, 1.165) is 29.7 Å². The van der Waals surface area contributed by atoms with Gasteiger partial charge >= 0.3 is 6.18 Å². The number of alkyl halides is 3. The van der Waals surface area contributed by atoms with Crippen molar-refractivity contribution in [1.82, 2.24) is 19.9 Å². The molecule has 4 aromatic rings. The first kappa shape index (κ1) is 25.4. The number of imidazole rings is 1. The van der Waals surface area contributed by atoms with Crippen molar-refractivity contribution in [2.75, 3.05) is 11.9 Å². The van der Waals surface area contributed by atoms with Crippen molar-refractivity contribution >= 4 is 27.1 Å². The van der Waals surface area contributed by atoms with Crippen molar-refractivity contribution in [3.05, 3.63) is 89.1 Å². The Morgan fingerprint density at radius 2 is 2.00 bits per heavy atom. The van der Waals surface area contributed by atoms with Gasteiger partial charge in [0.25, 0.3) is 5.91 Å². The molecule has 0 saturated carbocycles. The predicted molar refractivity (Wildman–Crippen MR) is 126 cm³/mol. The maximum Gasteiger partial charge on any atom is 0.416 e. The van der Waals surface area contributed by atoms with Gasteiger partial charge in [-0.05, 0) is 41.8 Å². The van der Waals surface area contributed by atoms with Gasteiger partial charge in [0.2, 0.25) is 15.0 Å². The van der Waals surface area contributed by atoms with Crippen LogP contribution in [0.15, 0.2) is 64.8 Å². The lowest BCUT2D eigenvalue weighted by atomic mass is 9.97. The fraction of sp³-hybridized carbons (Fsp3) is 0.208. The molecule has 1 amide bonds. The number of H-pyrrole nitrogens is 1. The lowest BCUT2D eigenvalue weighted by molar-refractivity contribution is -0.137. The highest BCUT2D eigenvalue weighted by atomic mass is 32.2.